The van der Waals surface area contributed by atoms with E-state index in [1.807, 2.05) is 0 Å². The number of carboxylic acid groups (broad SMARTS) is 1. The standard InChI is InChI=1S/C9H17NO2/c10-7-9(6-8(11)12)4-2-1-3-5-9/h1-7,10H2,(H,11,12)/i6+1,7+1,8+1. The van der Waals surface area contributed by atoms with Crippen LogP contribution >= 0.6 is 0 Å². The highest BCUT2D eigenvalue weighted by molar-refractivity contribution is 5.67. The molecule has 1 saturated carbocycles. The lowest BCUT2D eigenvalue weighted by atomic mass is 9.85. The van der Waals surface area contributed by atoms with E-state index in [9.17, 15) is 4.79 Å². The summed E-state index contributed by atoms with van der Waals surface area (Å²) in [4.78, 5) is 10.6. The maximum atomic E-state index is 10.6. The van der Waals surface area contributed by atoms with Gasteiger partial charge in [0, 0.05) is 0 Å². The zero-order valence-corrected chi connectivity index (χ0v) is 7.38. The highest BCUT2D eigenvalue weighted by Gasteiger charge is 2.32. The van der Waals surface area contributed by atoms with Gasteiger partial charge in [-0.15, -0.1) is 0 Å². The van der Waals surface area contributed by atoms with E-state index in [-0.39, 0.29) is 11.8 Å². The van der Waals surface area contributed by atoms with Gasteiger partial charge >= 0.3 is 5.97 Å². The van der Waals surface area contributed by atoms with Crippen LogP contribution in [-0.4, -0.2) is 17.6 Å². The van der Waals surface area contributed by atoms with Gasteiger partial charge in [-0.3, -0.25) is 4.79 Å². The monoisotopic (exact) mass is 174 g/mol. The third-order valence-corrected chi connectivity index (χ3v) is 2.87. The summed E-state index contributed by atoms with van der Waals surface area (Å²) < 4.78 is 0. The SMILES string of the molecule is N[13CH2]C1([13CH2][13C](=O)O)CCCCC1. The van der Waals surface area contributed by atoms with Gasteiger partial charge in [-0.2, -0.15) is 0 Å². The summed E-state index contributed by atoms with van der Waals surface area (Å²) in [6.45, 7) is 0.527. The van der Waals surface area contributed by atoms with Crippen LogP contribution in [0.4, 0.5) is 0 Å². The molecular formula is C9H17NO2. The fourth-order valence-electron chi connectivity index (χ4n) is 2.08. The molecule has 1 rings (SSSR count). The van der Waals surface area contributed by atoms with E-state index in [1.165, 1.54) is 6.42 Å². The van der Waals surface area contributed by atoms with E-state index < -0.39 is 5.97 Å². The lowest BCUT2D eigenvalue weighted by Gasteiger charge is -2.34. The molecule has 0 radical (unpaired) electrons. The first-order chi connectivity index (χ1) is 5.68. The molecular weight excluding hydrogens is 157 g/mol. The normalized spacial score (nSPS) is 22.1. The van der Waals surface area contributed by atoms with Crippen molar-refractivity contribution in [3.8, 4) is 0 Å². The van der Waals surface area contributed by atoms with Crippen molar-refractivity contribution in [1.29, 1.82) is 0 Å². The maximum Gasteiger partial charge on any atom is 0.303 e. The first kappa shape index (κ1) is 9.52. The molecule has 70 valence electrons. The average Bonchev–Trinajstić information content (AvgIpc) is 2.05. The molecule has 0 aromatic carbocycles. The Morgan fingerprint density at radius 3 is 2.33 bits per heavy atom. The van der Waals surface area contributed by atoms with E-state index in [0.29, 0.717) is 6.54 Å². The maximum absolute atomic E-state index is 10.6. The molecule has 0 aromatic heterocycles. The Hall–Kier alpha value is -0.570. The zero-order chi connectivity index (χ0) is 9.03. The minimum absolute atomic E-state index is 0.0793. The van der Waals surface area contributed by atoms with Crippen molar-refractivity contribution in [3.05, 3.63) is 0 Å². The molecule has 0 atom stereocenters. The van der Waals surface area contributed by atoms with E-state index in [0.717, 1.165) is 25.7 Å². The van der Waals surface area contributed by atoms with Crippen molar-refractivity contribution in [2.24, 2.45) is 11.1 Å². The van der Waals surface area contributed by atoms with E-state index in [1.54, 1.807) is 0 Å². The minimum Gasteiger partial charge on any atom is -0.481 e. The topological polar surface area (TPSA) is 63.3 Å². The Morgan fingerprint density at radius 2 is 1.92 bits per heavy atom. The summed E-state index contributed by atoms with van der Waals surface area (Å²) in [5, 5.41) is 8.71. The summed E-state index contributed by atoms with van der Waals surface area (Å²) in [5.41, 5.74) is 5.54. The average molecular weight is 174 g/mol. The third kappa shape index (κ3) is 2.21. The Bertz CT molecular complexity index is 162. The summed E-state index contributed by atoms with van der Waals surface area (Å²) in [6.07, 6.45) is 5.77. The van der Waals surface area contributed by atoms with Gasteiger partial charge in [0.2, 0.25) is 0 Å². The predicted molar refractivity (Wildman–Crippen MR) is 46.8 cm³/mol. The molecule has 3 nitrogen and oxygen atoms in total. The summed E-state index contributed by atoms with van der Waals surface area (Å²) in [5.74, 6) is -0.706. The fourth-order valence-corrected chi connectivity index (χ4v) is 2.08. The first-order valence-corrected chi connectivity index (χ1v) is 4.60. The molecule has 1 aliphatic carbocycles. The minimum atomic E-state index is -0.706. The quantitative estimate of drug-likeness (QED) is 0.635. The number of hydrogen-bond acceptors (Lipinski definition) is 2. The molecule has 0 unspecified atom stereocenters. The zero-order valence-electron chi connectivity index (χ0n) is 7.38. The number of nitrogens with two attached hydrogens (primary N) is 1. The Kier molecular flexibility index (Phi) is 3.09. The Morgan fingerprint density at radius 1 is 1.33 bits per heavy atom. The molecule has 0 amide bonds. The van der Waals surface area contributed by atoms with Crippen molar-refractivity contribution < 1.29 is 9.90 Å². The third-order valence-electron chi connectivity index (χ3n) is 2.87. The van der Waals surface area contributed by atoms with Crippen LogP contribution in [0.5, 0.6) is 0 Å². The summed E-state index contributed by atoms with van der Waals surface area (Å²) >= 11 is 0. The second kappa shape index (κ2) is 3.90. The van der Waals surface area contributed by atoms with Gasteiger partial charge in [0.15, 0.2) is 0 Å². The summed E-state index contributed by atoms with van der Waals surface area (Å²) in [6, 6.07) is 0. The Balaban J connectivity index is 2.53. The van der Waals surface area contributed by atoms with E-state index in [2.05, 4.69) is 0 Å². The largest absolute Gasteiger partial charge is 0.481 e. The fraction of sp³-hybridized carbons (Fsp3) is 0.889. The number of carbonyl (C=O) groups is 1. The molecule has 12 heavy (non-hydrogen) atoms. The lowest BCUT2D eigenvalue weighted by molar-refractivity contribution is -0.140. The van der Waals surface area contributed by atoms with Crippen molar-refractivity contribution in [2.75, 3.05) is 6.54 Å². The number of hydrogen-bond donors (Lipinski definition) is 2. The van der Waals surface area contributed by atoms with Gasteiger partial charge in [-0.05, 0) is 24.8 Å². The molecule has 0 aromatic rings. The molecule has 1 fully saturated rings. The van der Waals surface area contributed by atoms with E-state index in [4.69, 9.17) is 10.8 Å². The molecule has 0 aliphatic heterocycles. The lowest BCUT2D eigenvalue weighted by Crippen LogP contribution is -2.34. The van der Waals surface area contributed by atoms with Gasteiger partial charge in [-0.25, -0.2) is 0 Å². The molecule has 0 heterocycles. The van der Waals surface area contributed by atoms with Crippen LogP contribution in [0.1, 0.15) is 38.5 Å². The van der Waals surface area contributed by atoms with Crippen LogP contribution in [-0.2, 0) is 4.79 Å². The number of aliphatic carboxylic acids is 1. The highest BCUT2D eigenvalue weighted by Crippen LogP contribution is 2.38. The molecule has 0 saturated heterocycles. The van der Waals surface area contributed by atoms with Crippen LogP contribution in [0.2, 0.25) is 0 Å². The molecule has 0 spiro atoms. The molecule has 3 heteroatoms. The van der Waals surface area contributed by atoms with Crippen LogP contribution in [0.15, 0.2) is 0 Å². The first-order valence-electron chi connectivity index (χ1n) is 4.60. The van der Waals surface area contributed by atoms with Gasteiger partial charge in [-0.1, -0.05) is 19.3 Å². The molecule has 1 aliphatic rings. The van der Waals surface area contributed by atoms with Crippen LogP contribution in [0.3, 0.4) is 0 Å². The van der Waals surface area contributed by atoms with Crippen molar-refractivity contribution in [3.63, 3.8) is 0 Å². The van der Waals surface area contributed by atoms with Crippen LogP contribution in [0.25, 0.3) is 0 Å². The smallest absolute Gasteiger partial charge is 0.303 e. The second-order valence-corrected chi connectivity index (χ2v) is 3.84. The van der Waals surface area contributed by atoms with Gasteiger partial charge in [0.1, 0.15) is 0 Å². The van der Waals surface area contributed by atoms with Gasteiger partial charge < -0.3 is 10.8 Å². The van der Waals surface area contributed by atoms with Crippen molar-refractivity contribution in [2.45, 2.75) is 38.5 Å². The molecule has 3 N–H and O–H groups in total. The van der Waals surface area contributed by atoms with E-state index >= 15 is 0 Å². The Labute approximate surface area is 72.9 Å². The van der Waals surface area contributed by atoms with Crippen molar-refractivity contribution >= 4 is 5.97 Å². The summed E-state index contributed by atoms with van der Waals surface area (Å²) in [7, 11) is 0. The highest BCUT2D eigenvalue weighted by atomic mass is 16.5. The predicted octanol–water partition coefficient (Wildman–Crippen LogP) is 1.37. The van der Waals surface area contributed by atoms with Gasteiger partial charge in [0.05, 0.1) is 6.42 Å². The van der Waals surface area contributed by atoms with Gasteiger partial charge in [0.25, 0.3) is 0 Å². The number of carboxylic acids is 1. The van der Waals surface area contributed by atoms with Crippen molar-refractivity contribution in [1.82, 2.24) is 0 Å². The molecule has 0 bridgehead atoms. The van der Waals surface area contributed by atoms with Crippen LogP contribution in [0, 0.1) is 5.41 Å². The van der Waals surface area contributed by atoms with Crippen LogP contribution < -0.4 is 5.73 Å². The number of rotatable bonds is 3. The second-order valence-electron chi connectivity index (χ2n) is 3.84.